The van der Waals surface area contributed by atoms with Gasteiger partial charge in [-0.15, -0.1) is 0 Å². The number of rotatable bonds is 4. The lowest BCUT2D eigenvalue weighted by atomic mass is 10.0. The van der Waals surface area contributed by atoms with E-state index in [1.807, 2.05) is 60.7 Å². The van der Waals surface area contributed by atoms with Gasteiger partial charge in [0.15, 0.2) is 0 Å². The monoisotopic (exact) mass is 369 g/mol. The summed E-state index contributed by atoms with van der Waals surface area (Å²) < 4.78 is 0. The van der Waals surface area contributed by atoms with Crippen LogP contribution < -0.4 is 0 Å². The van der Waals surface area contributed by atoms with Gasteiger partial charge in [-0.2, -0.15) is 0 Å². The van der Waals surface area contributed by atoms with Crippen molar-refractivity contribution < 1.29 is 4.79 Å². The standard InChI is InChI=1S/C21H17Cl2NO/c1-24(14-18-11-12-19(22)13-20(18)23)21(25)17-9-7-16(8-10-17)15-5-3-2-4-6-15/h2-13H,14H2,1H3. The van der Waals surface area contributed by atoms with Crippen LogP contribution in [0.15, 0.2) is 72.8 Å². The van der Waals surface area contributed by atoms with Crippen molar-refractivity contribution in [3.63, 3.8) is 0 Å². The summed E-state index contributed by atoms with van der Waals surface area (Å²) in [4.78, 5) is 14.3. The lowest BCUT2D eigenvalue weighted by Crippen LogP contribution is -2.26. The van der Waals surface area contributed by atoms with Crippen molar-refractivity contribution in [3.05, 3.63) is 94.0 Å². The zero-order valence-corrected chi connectivity index (χ0v) is 15.3. The first kappa shape index (κ1) is 17.5. The number of hydrogen-bond donors (Lipinski definition) is 0. The molecule has 0 heterocycles. The van der Waals surface area contributed by atoms with E-state index in [0.717, 1.165) is 16.7 Å². The van der Waals surface area contributed by atoms with E-state index in [9.17, 15) is 4.79 Å². The number of halogens is 2. The van der Waals surface area contributed by atoms with Gasteiger partial charge in [0.05, 0.1) is 0 Å². The average Bonchev–Trinajstić information content (AvgIpc) is 2.64. The maximum atomic E-state index is 12.6. The summed E-state index contributed by atoms with van der Waals surface area (Å²) in [7, 11) is 1.76. The van der Waals surface area contributed by atoms with Crippen LogP contribution >= 0.6 is 23.2 Å². The molecule has 3 aromatic carbocycles. The molecule has 0 aliphatic carbocycles. The molecule has 0 aliphatic rings. The van der Waals surface area contributed by atoms with Crippen LogP contribution in [0.4, 0.5) is 0 Å². The quantitative estimate of drug-likeness (QED) is 0.557. The van der Waals surface area contributed by atoms with Gasteiger partial charge in [-0.3, -0.25) is 4.79 Å². The summed E-state index contributed by atoms with van der Waals surface area (Å²) in [6.45, 7) is 0.426. The Kier molecular flexibility index (Phi) is 5.42. The topological polar surface area (TPSA) is 20.3 Å². The Hall–Kier alpha value is -2.29. The summed E-state index contributed by atoms with van der Waals surface area (Å²) in [6.07, 6.45) is 0. The molecule has 0 aromatic heterocycles. The molecular weight excluding hydrogens is 353 g/mol. The molecule has 0 fully saturated rings. The van der Waals surface area contributed by atoms with Crippen molar-refractivity contribution in [2.45, 2.75) is 6.54 Å². The number of benzene rings is 3. The fourth-order valence-electron chi connectivity index (χ4n) is 2.63. The molecule has 3 rings (SSSR count). The van der Waals surface area contributed by atoms with Gasteiger partial charge in [0.25, 0.3) is 5.91 Å². The molecule has 1 amide bonds. The van der Waals surface area contributed by atoms with Gasteiger partial charge < -0.3 is 4.90 Å². The van der Waals surface area contributed by atoms with E-state index >= 15 is 0 Å². The summed E-state index contributed by atoms with van der Waals surface area (Å²) in [6, 6.07) is 23.0. The van der Waals surface area contributed by atoms with Crippen molar-refractivity contribution in [1.82, 2.24) is 4.90 Å². The predicted octanol–water partition coefficient (Wildman–Crippen LogP) is 5.93. The number of amides is 1. The van der Waals surface area contributed by atoms with E-state index in [-0.39, 0.29) is 5.91 Å². The van der Waals surface area contributed by atoms with Crippen molar-refractivity contribution >= 4 is 29.1 Å². The van der Waals surface area contributed by atoms with Gasteiger partial charge >= 0.3 is 0 Å². The summed E-state index contributed by atoms with van der Waals surface area (Å²) in [5.41, 5.74) is 3.72. The Morgan fingerprint density at radius 1 is 0.880 bits per heavy atom. The van der Waals surface area contributed by atoms with Gasteiger partial charge in [0.2, 0.25) is 0 Å². The highest BCUT2D eigenvalue weighted by Gasteiger charge is 2.13. The van der Waals surface area contributed by atoms with Crippen LogP contribution in [0.5, 0.6) is 0 Å². The molecule has 3 aromatic rings. The molecule has 0 saturated heterocycles. The third-order valence-corrected chi connectivity index (χ3v) is 4.60. The van der Waals surface area contributed by atoms with Crippen LogP contribution in [-0.4, -0.2) is 17.9 Å². The molecule has 0 bridgehead atoms. The number of nitrogens with zero attached hydrogens (tertiary/aromatic N) is 1. The second-order valence-corrected chi connectivity index (χ2v) is 6.68. The van der Waals surface area contributed by atoms with Crippen molar-refractivity contribution in [2.75, 3.05) is 7.05 Å². The minimum atomic E-state index is -0.0503. The Morgan fingerprint density at radius 2 is 1.52 bits per heavy atom. The maximum Gasteiger partial charge on any atom is 0.253 e. The highest BCUT2D eigenvalue weighted by atomic mass is 35.5. The van der Waals surface area contributed by atoms with Crippen molar-refractivity contribution in [1.29, 1.82) is 0 Å². The van der Waals surface area contributed by atoms with Gasteiger partial charge in [-0.05, 0) is 41.0 Å². The number of hydrogen-bond acceptors (Lipinski definition) is 1. The fraction of sp³-hybridized carbons (Fsp3) is 0.0952. The average molecular weight is 370 g/mol. The summed E-state index contributed by atoms with van der Waals surface area (Å²) in [5, 5.41) is 1.14. The first-order chi connectivity index (χ1) is 12.0. The lowest BCUT2D eigenvalue weighted by Gasteiger charge is -2.18. The first-order valence-electron chi connectivity index (χ1n) is 7.89. The summed E-state index contributed by atoms with van der Waals surface area (Å²) >= 11 is 12.1. The Balaban J connectivity index is 1.74. The number of carbonyl (C=O) groups is 1. The van der Waals surface area contributed by atoms with E-state index in [0.29, 0.717) is 22.2 Å². The molecule has 0 aliphatic heterocycles. The van der Waals surface area contributed by atoms with E-state index in [1.54, 1.807) is 24.1 Å². The molecule has 2 nitrogen and oxygen atoms in total. The van der Waals surface area contributed by atoms with Gasteiger partial charge in [-0.25, -0.2) is 0 Å². The molecule has 0 atom stereocenters. The van der Waals surface area contributed by atoms with E-state index in [1.165, 1.54) is 0 Å². The molecule has 4 heteroatoms. The molecule has 126 valence electrons. The number of carbonyl (C=O) groups excluding carboxylic acids is 1. The normalized spacial score (nSPS) is 10.5. The van der Waals surface area contributed by atoms with Crippen LogP contribution in [-0.2, 0) is 6.54 Å². The second kappa shape index (κ2) is 7.73. The maximum absolute atomic E-state index is 12.6. The van der Waals surface area contributed by atoms with Crippen LogP contribution in [0.25, 0.3) is 11.1 Å². The zero-order chi connectivity index (χ0) is 17.8. The second-order valence-electron chi connectivity index (χ2n) is 5.84. The van der Waals surface area contributed by atoms with Crippen LogP contribution in [0, 0.1) is 0 Å². The largest absolute Gasteiger partial charge is 0.337 e. The van der Waals surface area contributed by atoms with Gasteiger partial charge in [0.1, 0.15) is 0 Å². The van der Waals surface area contributed by atoms with Crippen LogP contribution in [0.1, 0.15) is 15.9 Å². The lowest BCUT2D eigenvalue weighted by molar-refractivity contribution is 0.0785. The predicted molar refractivity (Wildman–Crippen MR) is 104 cm³/mol. The van der Waals surface area contributed by atoms with Crippen LogP contribution in [0.2, 0.25) is 10.0 Å². The summed E-state index contributed by atoms with van der Waals surface area (Å²) in [5.74, 6) is -0.0503. The SMILES string of the molecule is CN(Cc1ccc(Cl)cc1Cl)C(=O)c1ccc(-c2ccccc2)cc1. The van der Waals surface area contributed by atoms with Gasteiger partial charge in [-0.1, -0.05) is 71.7 Å². The Bertz CT molecular complexity index is 876. The smallest absolute Gasteiger partial charge is 0.253 e. The van der Waals surface area contributed by atoms with Crippen molar-refractivity contribution in [2.24, 2.45) is 0 Å². The van der Waals surface area contributed by atoms with Gasteiger partial charge in [0, 0.05) is 29.2 Å². The molecule has 0 unspecified atom stereocenters. The molecule has 0 saturated carbocycles. The first-order valence-corrected chi connectivity index (χ1v) is 8.65. The molecular formula is C21H17Cl2NO. The van der Waals surface area contributed by atoms with Crippen molar-refractivity contribution in [3.8, 4) is 11.1 Å². The zero-order valence-electron chi connectivity index (χ0n) is 13.7. The Labute approximate surface area is 157 Å². The molecule has 25 heavy (non-hydrogen) atoms. The third kappa shape index (κ3) is 4.22. The molecule has 0 N–H and O–H groups in total. The van der Waals surface area contributed by atoms with E-state index < -0.39 is 0 Å². The minimum Gasteiger partial charge on any atom is -0.337 e. The van der Waals surface area contributed by atoms with E-state index in [2.05, 4.69) is 0 Å². The highest BCUT2D eigenvalue weighted by molar-refractivity contribution is 6.35. The third-order valence-electron chi connectivity index (χ3n) is 4.01. The Morgan fingerprint density at radius 3 is 2.16 bits per heavy atom. The fourth-order valence-corrected chi connectivity index (χ4v) is 3.10. The van der Waals surface area contributed by atoms with Crippen LogP contribution in [0.3, 0.4) is 0 Å². The molecule has 0 spiro atoms. The minimum absolute atomic E-state index is 0.0503. The molecule has 0 radical (unpaired) electrons. The highest BCUT2D eigenvalue weighted by Crippen LogP contribution is 2.23. The van der Waals surface area contributed by atoms with E-state index in [4.69, 9.17) is 23.2 Å².